The van der Waals surface area contributed by atoms with Crippen molar-refractivity contribution in [2.75, 3.05) is 6.54 Å². The lowest BCUT2D eigenvalue weighted by Gasteiger charge is -2.22. The Morgan fingerprint density at radius 1 is 1.17 bits per heavy atom. The highest BCUT2D eigenvalue weighted by atomic mass is 16.2. The highest BCUT2D eigenvalue weighted by Crippen LogP contribution is 2.29. The van der Waals surface area contributed by atoms with E-state index in [2.05, 4.69) is 21.9 Å². The Morgan fingerprint density at radius 2 is 1.93 bits per heavy atom. The van der Waals surface area contributed by atoms with E-state index in [-0.39, 0.29) is 5.91 Å². The summed E-state index contributed by atoms with van der Waals surface area (Å²) in [6, 6.07) is 5.87. The zero-order valence-electron chi connectivity index (χ0n) is 17.6. The van der Waals surface area contributed by atoms with Crippen molar-refractivity contribution in [1.29, 1.82) is 0 Å². The summed E-state index contributed by atoms with van der Waals surface area (Å²) >= 11 is 0. The molecule has 0 unspecified atom stereocenters. The van der Waals surface area contributed by atoms with Crippen molar-refractivity contribution in [3.8, 4) is 11.3 Å². The number of amides is 1. The van der Waals surface area contributed by atoms with Gasteiger partial charge in [-0.05, 0) is 38.0 Å². The predicted molar refractivity (Wildman–Crippen MR) is 116 cm³/mol. The van der Waals surface area contributed by atoms with E-state index < -0.39 is 0 Å². The van der Waals surface area contributed by atoms with Gasteiger partial charge in [-0.25, -0.2) is 19.9 Å². The number of nitrogens with zero attached hydrogens (tertiary/aromatic N) is 6. The van der Waals surface area contributed by atoms with Gasteiger partial charge < -0.3 is 9.47 Å². The molecule has 0 saturated heterocycles. The summed E-state index contributed by atoms with van der Waals surface area (Å²) < 4.78 is 1.93. The van der Waals surface area contributed by atoms with Gasteiger partial charge >= 0.3 is 0 Å². The number of pyridine rings is 1. The highest BCUT2D eigenvalue weighted by Gasteiger charge is 2.21. The van der Waals surface area contributed by atoms with Crippen LogP contribution in [0.1, 0.15) is 34.2 Å². The van der Waals surface area contributed by atoms with Gasteiger partial charge in [0.2, 0.25) is 0 Å². The average Bonchev–Trinajstić information content (AvgIpc) is 3.18. The molecule has 3 heterocycles. The zero-order chi connectivity index (χ0) is 21.3. The fraction of sp³-hybridized carbons (Fsp3) is 0.261. The molecule has 0 radical (unpaired) electrons. The maximum Gasteiger partial charge on any atom is 0.255 e. The lowest BCUT2D eigenvalue weighted by molar-refractivity contribution is 0.0749. The van der Waals surface area contributed by atoms with Crippen LogP contribution in [0.5, 0.6) is 0 Å². The molecule has 0 spiro atoms. The van der Waals surface area contributed by atoms with E-state index >= 15 is 0 Å². The van der Waals surface area contributed by atoms with Crippen molar-refractivity contribution in [2.24, 2.45) is 7.05 Å². The number of rotatable bonds is 5. The molecule has 0 atom stereocenters. The number of benzene rings is 1. The van der Waals surface area contributed by atoms with Gasteiger partial charge in [0.15, 0.2) is 0 Å². The molecule has 30 heavy (non-hydrogen) atoms. The largest absolute Gasteiger partial charge is 0.337 e. The second-order valence-electron chi connectivity index (χ2n) is 7.36. The number of imidazole rings is 1. The van der Waals surface area contributed by atoms with Crippen molar-refractivity contribution in [3.63, 3.8) is 0 Å². The molecule has 3 aromatic heterocycles. The van der Waals surface area contributed by atoms with E-state index in [0.717, 1.165) is 33.4 Å². The lowest BCUT2D eigenvalue weighted by atomic mass is 9.99. The van der Waals surface area contributed by atoms with Crippen LogP contribution in [0, 0.1) is 13.8 Å². The van der Waals surface area contributed by atoms with Crippen LogP contribution in [0.3, 0.4) is 0 Å². The summed E-state index contributed by atoms with van der Waals surface area (Å²) in [5.41, 5.74) is 5.11. The molecule has 7 nitrogen and oxygen atoms in total. The number of aromatic nitrogens is 5. The van der Waals surface area contributed by atoms with Crippen molar-refractivity contribution < 1.29 is 4.79 Å². The number of hydrogen-bond acceptors (Lipinski definition) is 5. The minimum atomic E-state index is -0.0470. The smallest absolute Gasteiger partial charge is 0.255 e. The quantitative estimate of drug-likeness (QED) is 0.510. The normalized spacial score (nSPS) is 11.1. The van der Waals surface area contributed by atoms with E-state index in [1.807, 2.05) is 49.9 Å². The number of carbonyl (C=O) groups is 1. The first kappa shape index (κ1) is 19.7. The molecule has 1 amide bonds. The second kappa shape index (κ2) is 8.02. The van der Waals surface area contributed by atoms with Gasteiger partial charge in [-0.15, -0.1) is 0 Å². The Labute approximate surface area is 175 Å². The number of hydrogen-bond donors (Lipinski definition) is 0. The Kier molecular flexibility index (Phi) is 5.27. The number of aryl methyl sites for hydroxylation is 3. The monoisotopic (exact) mass is 400 g/mol. The molecular formula is C23H24N6O. The van der Waals surface area contributed by atoms with E-state index in [0.29, 0.717) is 24.3 Å². The first-order chi connectivity index (χ1) is 14.5. The van der Waals surface area contributed by atoms with Crippen LogP contribution in [-0.2, 0) is 13.6 Å². The molecule has 152 valence electrons. The highest BCUT2D eigenvalue weighted by molar-refractivity contribution is 6.08. The third-order valence-electron chi connectivity index (χ3n) is 5.51. The number of carbonyl (C=O) groups excluding carboxylic acids is 1. The Hall–Kier alpha value is -3.61. The van der Waals surface area contributed by atoms with E-state index in [1.54, 1.807) is 23.5 Å². The van der Waals surface area contributed by atoms with Crippen molar-refractivity contribution in [2.45, 2.75) is 27.3 Å². The van der Waals surface area contributed by atoms with Crippen molar-refractivity contribution in [1.82, 2.24) is 29.4 Å². The molecule has 0 aliphatic rings. The molecule has 0 bridgehead atoms. The Morgan fingerprint density at radius 3 is 2.60 bits per heavy atom. The first-order valence-corrected chi connectivity index (χ1v) is 9.91. The van der Waals surface area contributed by atoms with E-state index in [1.165, 1.54) is 6.33 Å². The summed E-state index contributed by atoms with van der Waals surface area (Å²) in [6.45, 7) is 7.08. The third-order valence-corrected chi connectivity index (χ3v) is 5.51. The van der Waals surface area contributed by atoms with Crippen molar-refractivity contribution >= 4 is 16.8 Å². The van der Waals surface area contributed by atoms with Gasteiger partial charge in [-0.3, -0.25) is 4.79 Å². The third kappa shape index (κ3) is 3.54. The summed E-state index contributed by atoms with van der Waals surface area (Å²) in [5.74, 6) is 0.793. The van der Waals surface area contributed by atoms with Gasteiger partial charge in [0, 0.05) is 49.3 Å². The minimum absolute atomic E-state index is 0.0470. The molecule has 0 aliphatic heterocycles. The van der Waals surface area contributed by atoms with Gasteiger partial charge in [0.05, 0.1) is 23.3 Å². The Bertz CT molecular complexity index is 1220. The van der Waals surface area contributed by atoms with Crippen LogP contribution >= 0.6 is 0 Å². The minimum Gasteiger partial charge on any atom is -0.337 e. The number of fused-ring (bicyclic) bond motifs is 1. The van der Waals surface area contributed by atoms with Crippen LogP contribution in [0.25, 0.3) is 22.2 Å². The molecule has 0 N–H and O–H groups in total. The van der Waals surface area contributed by atoms with Gasteiger partial charge in [0.25, 0.3) is 5.91 Å². The summed E-state index contributed by atoms with van der Waals surface area (Å²) in [6.07, 6.45) is 8.54. The molecule has 0 fully saturated rings. The predicted octanol–water partition coefficient (Wildman–Crippen LogP) is 3.70. The van der Waals surface area contributed by atoms with Gasteiger partial charge in [-0.2, -0.15) is 0 Å². The molecule has 4 aromatic rings. The van der Waals surface area contributed by atoms with Gasteiger partial charge in [0.1, 0.15) is 12.2 Å². The van der Waals surface area contributed by atoms with E-state index in [4.69, 9.17) is 4.98 Å². The summed E-state index contributed by atoms with van der Waals surface area (Å²) in [5, 5.41) is 0.849. The summed E-state index contributed by atoms with van der Waals surface area (Å²) in [4.78, 5) is 32.9. The summed E-state index contributed by atoms with van der Waals surface area (Å²) in [7, 11) is 1.93. The molecule has 0 saturated carbocycles. The first-order valence-electron chi connectivity index (χ1n) is 9.91. The van der Waals surface area contributed by atoms with Crippen LogP contribution in [-0.4, -0.2) is 41.9 Å². The molecular weight excluding hydrogens is 376 g/mol. The zero-order valence-corrected chi connectivity index (χ0v) is 17.6. The van der Waals surface area contributed by atoms with Crippen LogP contribution in [0.2, 0.25) is 0 Å². The second-order valence-corrected chi connectivity index (χ2v) is 7.36. The lowest BCUT2D eigenvalue weighted by Crippen LogP contribution is -2.31. The SMILES string of the molecule is CCN(Cc1nccn1C)C(=O)c1cc(-c2cncnc2)nc2c(C)c(C)ccc12. The average molecular weight is 400 g/mol. The molecule has 1 aromatic carbocycles. The van der Waals surface area contributed by atoms with Crippen LogP contribution < -0.4 is 0 Å². The van der Waals surface area contributed by atoms with Crippen LogP contribution in [0.15, 0.2) is 49.3 Å². The standard InChI is InChI=1S/C23H24N6O/c1-5-29(13-21-26-8-9-28(21)4)23(30)19-10-20(17-11-24-14-25-12-17)27-22-16(3)15(2)6-7-18(19)22/h6-12,14H,5,13H2,1-4H3. The molecule has 7 heteroatoms. The van der Waals surface area contributed by atoms with Crippen LogP contribution in [0.4, 0.5) is 0 Å². The maximum absolute atomic E-state index is 13.6. The topological polar surface area (TPSA) is 76.8 Å². The molecule has 0 aliphatic carbocycles. The fourth-order valence-electron chi connectivity index (χ4n) is 3.50. The van der Waals surface area contributed by atoms with Gasteiger partial charge in [-0.1, -0.05) is 12.1 Å². The van der Waals surface area contributed by atoms with Crippen molar-refractivity contribution in [3.05, 3.63) is 71.8 Å². The molecule has 4 rings (SSSR count). The van der Waals surface area contributed by atoms with E-state index in [9.17, 15) is 4.79 Å². The Balaban J connectivity index is 1.86. The fourth-order valence-corrected chi connectivity index (χ4v) is 3.50. The maximum atomic E-state index is 13.6.